The maximum Gasteiger partial charge on any atom is 0.193 e. The van der Waals surface area contributed by atoms with Gasteiger partial charge in [-0.3, -0.25) is 4.79 Å². The summed E-state index contributed by atoms with van der Waals surface area (Å²) in [5.41, 5.74) is 8.68. The molecule has 0 aliphatic heterocycles. The van der Waals surface area contributed by atoms with Crippen molar-refractivity contribution in [2.45, 2.75) is 0 Å². The molecule has 2 aromatic rings. The highest BCUT2D eigenvalue weighted by Crippen LogP contribution is 2.16. The summed E-state index contributed by atoms with van der Waals surface area (Å²) >= 11 is 0. The first-order chi connectivity index (χ1) is 8.58. The van der Waals surface area contributed by atoms with Gasteiger partial charge in [0.05, 0.1) is 0 Å². The smallest absolute Gasteiger partial charge is 0.193 e. The van der Waals surface area contributed by atoms with E-state index in [-0.39, 0.29) is 5.78 Å². The van der Waals surface area contributed by atoms with Crippen molar-refractivity contribution in [3.05, 3.63) is 59.7 Å². The summed E-state index contributed by atoms with van der Waals surface area (Å²) in [7, 11) is 3.94. The van der Waals surface area contributed by atoms with Crippen molar-refractivity contribution in [1.82, 2.24) is 0 Å². The van der Waals surface area contributed by atoms with Crippen LogP contribution in [0.3, 0.4) is 0 Å². The Balaban J connectivity index is 2.26. The van der Waals surface area contributed by atoms with Crippen molar-refractivity contribution in [3.63, 3.8) is 0 Å². The summed E-state index contributed by atoms with van der Waals surface area (Å²) in [5.74, 6) is 0.0142. The number of rotatable bonds is 3. The SMILES string of the molecule is CN(C)c1ccc(C(=O)c2ccc(N)cc2)cc1. The Hall–Kier alpha value is -2.29. The molecule has 3 nitrogen and oxygen atoms in total. The van der Waals surface area contributed by atoms with Crippen molar-refractivity contribution >= 4 is 17.2 Å². The summed E-state index contributed by atoms with van der Waals surface area (Å²) < 4.78 is 0. The standard InChI is InChI=1S/C15H16N2O/c1-17(2)14-9-5-12(6-10-14)15(18)11-3-7-13(16)8-4-11/h3-10H,16H2,1-2H3. The van der Waals surface area contributed by atoms with Gasteiger partial charge in [0.1, 0.15) is 0 Å². The minimum Gasteiger partial charge on any atom is -0.399 e. The van der Waals surface area contributed by atoms with Crippen LogP contribution < -0.4 is 10.6 Å². The van der Waals surface area contributed by atoms with Gasteiger partial charge in [0, 0.05) is 36.6 Å². The molecular formula is C15H16N2O. The van der Waals surface area contributed by atoms with Gasteiger partial charge in [-0.05, 0) is 48.5 Å². The number of carbonyl (C=O) groups is 1. The van der Waals surface area contributed by atoms with Crippen LogP contribution in [0.1, 0.15) is 15.9 Å². The molecule has 0 atom stereocenters. The van der Waals surface area contributed by atoms with E-state index in [1.807, 2.05) is 43.3 Å². The summed E-state index contributed by atoms with van der Waals surface area (Å²) in [5, 5.41) is 0. The molecule has 0 heterocycles. The van der Waals surface area contributed by atoms with Gasteiger partial charge < -0.3 is 10.6 Å². The normalized spacial score (nSPS) is 10.1. The van der Waals surface area contributed by atoms with E-state index in [0.717, 1.165) is 5.69 Å². The third-order valence-electron chi connectivity index (χ3n) is 2.82. The van der Waals surface area contributed by atoms with E-state index in [0.29, 0.717) is 16.8 Å². The lowest BCUT2D eigenvalue weighted by Gasteiger charge is -2.12. The van der Waals surface area contributed by atoms with Gasteiger partial charge in [-0.2, -0.15) is 0 Å². The topological polar surface area (TPSA) is 46.3 Å². The quantitative estimate of drug-likeness (QED) is 0.662. The van der Waals surface area contributed by atoms with Crippen LogP contribution in [0.2, 0.25) is 0 Å². The maximum atomic E-state index is 12.2. The summed E-state index contributed by atoms with van der Waals surface area (Å²) in [6.07, 6.45) is 0. The van der Waals surface area contributed by atoms with Crippen molar-refractivity contribution in [2.75, 3.05) is 24.7 Å². The maximum absolute atomic E-state index is 12.2. The predicted molar refractivity (Wildman–Crippen MR) is 75.1 cm³/mol. The number of ketones is 1. The molecule has 0 fully saturated rings. The molecule has 0 saturated carbocycles. The molecule has 2 aromatic carbocycles. The molecule has 0 saturated heterocycles. The first kappa shape index (κ1) is 12.2. The predicted octanol–water partition coefficient (Wildman–Crippen LogP) is 2.57. The van der Waals surface area contributed by atoms with Gasteiger partial charge in [0.15, 0.2) is 5.78 Å². The Kier molecular flexibility index (Phi) is 3.33. The van der Waals surface area contributed by atoms with E-state index >= 15 is 0 Å². The van der Waals surface area contributed by atoms with Crippen LogP contribution >= 0.6 is 0 Å². The molecule has 0 amide bonds. The molecule has 18 heavy (non-hydrogen) atoms. The summed E-state index contributed by atoms with van der Waals surface area (Å²) in [6, 6.07) is 14.5. The molecule has 0 aliphatic carbocycles. The highest BCUT2D eigenvalue weighted by molar-refractivity contribution is 6.09. The van der Waals surface area contributed by atoms with E-state index in [1.165, 1.54) is 0 Å². The fourth-order valence-electron chi connectivity index (χ4n) is 1.71. The Morgan fingerprint density at radius 3 is 1.78 bits per heavy atom. The summed E-state index contributed by atoms with van der Waals surface area (Å²) in [6.45, 7) is 0. The van der Waals surface area contributed by atoms with Crippen LogP contribution in [0.25, 0.3) is 0 Å². The highest BCUT2D eigenvalue weighted by Gasteiger charge is 2.08. The zero-order chi connectivity index (χ0) is 13.1. The first-order valence-electron chi connectivity index (χ1n) is 5.75. The fraction of sp³-hybridized carbons (Fsp3) is 0.133. The number of benzene rings is 2. The molecular weight excluding hydrogens is 224 g/mol. The average Bonchev–Trinajstić information content (AvgIpc) is 2.39. The number of nitrogens with zero attached hydrogens (tertiary/aromatic N) is 1. The van der Waals surface area contributed by atoms with Crippen molar-refractivity contribution in [3.8, 4) is 0 Å². The molecule has 2 N–H and O–H groups in total. The van der Waals surface area contributed by atoms with Crippen LogP contribution in [-0.4, -0.2) is 19.9 Å². The Morgan fingerprint density at radius 1 is 0.889 bits per heavy atom. The molecule has 0 radical (unpaired) electrons. The first-order valence-corrected chi connectivity index (χ1v) is 5.75. The number of carbonyl (C=O) groups excluding carboxylic acids is 1. The lowest BCUT2D eigenvalue weighted by atomic mass is 10.0. The zero-order valence-electron chi connectivity index (χ0n) is 10.6. The lowest BCUT2D eigenvalue weighted by Crippen LogP contribution is -2.09. The second-order valence-electron chi connectivity index (χ2n) is 4.39. The molecule has 0 aromatic heterocycles. The van der Waals surface area contributed by atoms with Crippen molar-refractivity contribution in [1.29, 1.82) is 0 Å². The Bertz CT molecular complexity index is 542. The van der Waals surface area contributed by atoms with Crippen LogP contribution in [0.15, 0.2) is 48.5 Å². The molecule has 3 heteroatoms. The summed E-state index contributed by atoms with van der Waals surface area (Å²) in [4.78, 5) is 14.2. The molecule has 0 spiro atoms. The average molecular weight is 240 g/mol. The largest absolute Gasteiger partial charge is 0.399 e. The van der Waals surface area contributed by atoms with Gasteiger partial charge in [-0.25, -0.2) is 0 Å². The van der Waals surface area contributed by atoms with E-state index in [1.54, 1.807) is 24.3 Å². The third kappa shape index (κ3) is 2.51. The highest BCUT2D eigenvalue weighted by atomic mass is 16.1. The second-order valence-corrected chi connectivity index (χ2v) is 4.39. The van der Waals surface area contributed by atoms with E-state index in [2.05, 4.69) is 0 Å². The third-order valence-corrected chi connectivity index (χ3v) is 2.82. The van der Waals surface area contributed by atoms with Crippen molar-refractivity contribution < 1.29 is 4.79 Å². The second kappa shape index (κ2) is 4.92. The Morgan fingerprint density at radius 2 is 1.33 bits per heavy atom. The minimum absolute atomic E-state index is 0.0142. The molecule has 0 unspecified atom stereocenters. The monoisotopic (exact) mass is 240 g/mol. The minimum atomic E-state index is 0.0142. The van der Waals surface area contributed by atoms with E-state index < -0.39 is 0 Å². The molecule has 0 bridgehead atoms. The number of hydrogen-bond acceptors (Lipinski definition) is 3. The number of hydrogen-bond donors (Lipinski definition) is 1. The molecule has 92 valence electrons. The Labute approximate surface area is 107 Å². The van der Waals surface area contributed by atoms with Gasteiger partial charge in [-0.1, -0.05) is 0 Å². The van der Waals surface area contributed by atoms with Gasteiger partial charge in [0.25, 0.3) is 0 Å². The van der Waals surface area contributed by atoms with Crippen LogP contribution in [0, 0.1) is 0 Å². The van der Waals surface area contributed by atoms with Gasteiger partial charge >= 0.3 is 0 Å². The number of nitrogens with two attached hydrogens (primary N) is 1. The zero-order valence-corrected chi connectivity index (χ0v) is 10.6. The van der Waals surface area contributed by atoms with E-state index in [9.17, 15) is 4.79 Å². The number of anilines is 2. The van der Waals surface area contributed by atoms with Crippen LogP contribution in [0.5, 0.6) is 0 Å². The fourth-order valence-corrected chi connectivity index (χ4v) is 1.71. The lowest BCUT2D eigenvalue weighted by molar-refractivity contribution is 0.103. The van der Waals surface area contributed by atoms with E-state index in [4.69, 9.17) is 5.73 Å². The van der Waals surface area contributed by atoms with Gasteiger partial charge in [0.2, 0.25) is 0 Å². The van der Waals surface area contributed by atoms with Crippen molar-refractivity contribution in [2.24, 2.45) is 0 Å². The molecule has 2 rings (SSSR count). The molecule has 0 aliphatic rings. The van der Waals surface area contributed by atoms with Gasteiger partial charge in [-0.15, -0.1) is 0 Å². The number of nitrogen functional groups attached to an aromatic ring is 1. The van der Waals surface area contributed by atoms with Crippen LogP contribution in [-0.2, 0) is 0 Å². The van der Waals surface area contributed by atoms with Crippen LogP contribution in [0.4, 0.5) is 11.4 Å².